The number of nitrogens with two attached hydrogens (primary N) is 2. The summed E-state index contributed by atoms with van der Waals surface area (Å²) in [4.78, 5) is 9.50. The van der Waals surface area contributed by atoms with Crippen molar-refractivity contribution < 1.29 is 0 Å². The smallest absolute Gasteiger partial charge is 0.222 e. The summed E-state index contributed by atoms with van der Waals surface area (Å²) in [6.07, 6.45) is 4.12. The van der Waals surface area contributed by atoms with Crippen LogP contribution in [0.4, 0.5) is 11.8 Å². The van der Waals surface area contributed by atoms with Crippen molar-refractivity contribution >= 4 is 29.6 Å². The van der Waals surface area contributed by atoms with E-state index in [1.807, 2.05) is 24.8 Å². The molecular weight excluding hydrogens is 304 g/mol. The number of thioether (sulfide) groups is 1. The average Bonchev–Trinajstić information content (AvgIpc) is 2.47. The molecule has 0 fully saturated rings. The predicted octanol–water partition coefficient (Wildman–Crippen LogP) is 4.05. The lowest BCUT2D eigenvalue weighted by Gasteiger charge is -2.21. The molecule has 4 nitrogen and oxygen atoms in total. The van der Waals surface area contributed by atoms with E-state index in [9.17, 15) is 0 Å². The summed E-state index contributed by atoms with van der Waals surface area (Å²) in [5.41, 5.74) is 14.3. The van der Waals surface area contributed by atoms with Crippen molar-refractivity contribution in [3.8, 4) is 0 Å². The van der Waals surface area contributed by atoms with Crippen LogP contribution in [0.2, 0.25) is 0 Å². The topological polar surface area (TPSA) is 77.8 Å². The van der Waals surface area contributed by atoms with Gasteiger partial charge < -0.3 is 11.5 Å². The predicted molar refractivity (Wildman–Crippen MR) is 100 cm³/mol. The Morgan fingerprint density at radius 2 is 1.78 bits per heavy atom. The molecule has 0 aliphatic rings. The summed E-state index contributed by atoms with van der Waals surface area (Å²) in [7, 11) is 0. The second-order valence-corrected chi connectivity index (χ2v) is 7.32. The fourth-order valence-electron chi connectivity index (χ4n) is 2.37. The molecule has 0 bridgehead atoms. The minimum atomic E-state index is -0.115. The normalized spacial score (nSPS) is 12.0. The lowest BCUT2D eigenvalue weighted by Crippen LogP contribution is -2.13. The minimum absolute atomic E-state index is 0.115. The fourth-order valence-corrected chi connectivity index (χ4v) is 3.03. The van der Waals surface area contributed by atoms with E-state index in [4.69, 9.17) is 11.5 Å². The molecule has 1 aromatic heterocycles. The van der Waals surface area contributed by atoms with E-state index in [0.29, 0.717) is 5.82 Å². The lowest BCUT2D eigenvalue weighted by molar-refractivity contribution is 0.672. The van der Waals surface area contributed by atoms with E-state index < -0.39 is 0 Å². The van der Waals surface area contributed by atoms with Crippen molar-refractivity contribution in [2.45, 2.75) is 38.0 Å². The monoisotopic (exact) mass is 328 g/mol. The summed E-state index contributed by atoms with van der Waals surface area (Å²) < 4.78 is 0. The third-order valence-corrected chi connectivity index (χ3v) is 4.65. The van der Waals surface area contributed by atoms with E-state index in [-0.39, 0.29) is 11.4 Å². The second-order valence-electron chi connectivity index (χ2n) is 5.98. The average molecular weight is 328 g/mol. The standard InChI is InChI=1S/C18H24N4S/c1-5-23-14-8-6-13(7-9-14)18(3,4)11-10-15-12(2)21-17(20)22-16(15)19/h6-11H,5H2,1-4H3,(H4,19,20,21,22)/b11-10-. The Labute approximate surface area is 142 Å². The molecule has 1 heterocycles. The van der Waals surface area contributed by atoms with Gasteiger partial charge in [0.05, 0.1) is 5.69 Å². The number of hydrogen-bond donors (Lipinski definition) is 2. The third kappa shape index (κ3) is 4.26. The Bertz CT molecular complexity index is 682. The van der Waals surface area contributed by atoms with E-state index in [0.717, 1.165) is 17.0 Å². The Morgan fingerprint density at radius 3 is 2.35 bits per heavy atom. The molecule has 0 radical (unpaired) electrons. The molecule has 5 heteroatoms. The van der Waals surface area contributed by atoms with Crippen molar-refractivity contribution in [2.24, 2.45) is 0 Å². The van der Waals surface area contributed by atoms with Gasteiger partial charge in [-0.2, -0.15) is 4.98 Å². The summed E-state index contributed by atoms with van der Waals surface area (Å²) in [6.45, 7) is 8.40. The Hall–Kier alpha value is -2.01. The van der Waals surface area contributed by atoms with Gasteiger partial charge in [0.1, 0.15) is 5.82 Å². The highest BCUT2D eigenvalue weighted by molar-refractivity contribution is 7.99. The van der Waals surface area contributed by atoms with Crippen LogP contribution in [-0.4, -0.2) is 15.7 Å². The lowest BCUT2D eigenvalue weighted by atomic mass is 9.84. The van der Waals surface area contributed by atoms with Crippen LogP contribution in [0.1, 0.15) is 37.6 Å². The molecule has 0 saturated heterocycles. The molecule has 4 N–H and O–H groups in total. The zero-order chi connectivity index (χ0) is 17.0. The zero-order valence-corrected chi connectivity index (χ0v) is 14.9. The van der Waals surface area contributed by atoms with Crippen molar-refractivity contribution in [3.05, 3.63) is 47.2 Å². The van der Waals surface area contributed by atoms with Crippen LogP contribution in [0.3, 0.4) is 0 Å². The molecule has 0 unspecified atom stereocenters. The van der Waals surface area contributed by atoms with Crippen molar-refractivity contribution in [1.29, 1.82) is 0 Å². The van der Waals surface area contributed by atoms with Crippen molar-refractivity contribution in [3.63, 3.8) is 0 Å². The molecule has 0 saturated carbocycles. The maximum Gasteiger partial charge on any atom is 0.222 e. The molecule has 122 valence electrons. The SMILES string of the molecule is CCSc1ccc(C(C)(C)/C=C\c2c(C)nc(N)nc2N)cc1. The molecule has 1 aromatic carbocycles. The molecular formula is C18H24N4S. The van der Waals surface area contributed by atoms with E-state index >= 15 is 0 Å². The maximum absolute atomic E-state index is 5.96. The first kappa shape index (κ1) is 17.3. The van der Waals surface area contributed by atoms with Crippen LogP contribution < -0.4 is 11.5 Å². The molecule has 0 aliphatic carbocycles. The number of nitrogens with zero attached hydrogens (tertiary/aromatic N) is 2. The molecule has 0 amide bonds. The van der Waals surface area contributed by atoms with E-state index in [2.05, 4.69) is 61.1 Å². The van der Waals surface area contributed by atoms with Gasteiger partial charge in [-0.1, -0.05) is 45.1 Å². The van der Waals surface area contributed by atoms with Gasteiger partial charge >= 0.3 is 0 Å². The quantitative estimate of drug-likeness (QED) is 0.810. The number of aromatic nitrogens is 2. The number of nitrogen functional groups attached to an aromatic ring is 2. The van der Waals surface area contributed by atoms with Gasteiger partial charge in [0, 0.05) is 15.9 Å². The number of allylic oxidation sites excluding steroid dienone is 1. The summed E-state index contributed by atoms with van der Waals surface area (Å²) >= 11 is 1.85. The fraction of sp³-hybridized carbons (Fsp3) is 0.333. The first-order valence-corrected chi connectivity index (χ1v) is 8.64. The van der Waals surface area contributed by atoms with Gasteiger partial charge in [-0.15, -0.1) is 11.8 Å². The Morgan fingerprint density at radius 1 is 1.13 bits per heavy atom. The second kappa shape index (κ2) is 7.04. The molecule has 0 spiro atoms. The summed E-state index contributed by atoms with van der Waals surface area (Å²) in [5.74, 6) is 1.70. The maximum atomic E-state index is 5.96. The number of hydrogen-bond acceptors (Lipinski definition) is 5. The van der Waals surface area contributed by atoms with Crippen LogP contribution >= 0.6 is 11.8 Å². The van der Waals surface area contributed by atoms with Gasteiger partial charge in [-0.25, -0.2) is 4.98 Å². The molecule has 0 aliphatic heterocycles. The van der Waals surface area contributed by atoms with Crippen molar-refractivity contribution in [1.82, 2.24) is 9.97 Å². The van der Waals surface area contributed by atoms with E-state index in [1.54, 1.807) is 0 Å². The number of benzene rings is 1. The Balaban J connectivity index is 2.26. The van der Waals surface area contributed by atoms with Crippen LogP contribution in [0.5, 0.6) is 0 Å². The van der Waals surface area contributed by atoms with Crippen LogP contribution in [0.15, 0.2) is 35.2 Å². The van der Waals surface area contributed by atoms with Gasteiger partial charge in [0.25, 0.3) is 0 Å². The van der Waals surface area contributed by atoms with Crippen LogP contribution in [0, 0.1) is 6.92 Å². The van der Waals surface area contributed by atoms with Crippen LogP contribution in [-0.2, 0) is 5.41 Å². The van der Waals surface area contributed by atoms with Gasteiger partial charge in [-0.3, -0.25) is 0 Å². The minimum Gasteiger partial charge on any atom is -0.383 e. The molecule has 0 atom stereocenters. The largest absolute Gasteiger partial charge is 0.383 e. The highest BCUT2D eigenvalue weighted by atomic mass is 32.2. The first-order valence-electron chi connectivity index (χ1n) is 7.65. The van der Waals surface area contributed by atoms with Crippen molar-refractivity contribution in [2.75, 3.05) is 17.2 Å². The van der Waals surface area contributed by atoms with Gasteiger partial charge in [-0.05, 0) is 30.4 Å². The Kier molecular flexibility index (Phi) is 5.31. The zero-order valence-electron chi connectivity index (χ0n) is 14.1. The first-order chi connectivity index (χ1) is 10.8. The molecule has 2 aromatic rings. The number of anilines is 2. The molecule has 2 rings (SSSR count). The van der Waals surface area contributed by atoms with Crippen LogP contribution in [0.25, 0.3) is 6.08 Å². The highest BCUT2D eigenvalue weighted by Gasteiger charge is 2.17. The molecule has 23 heavy (non-hydrogen) atoms. The van der Waals surface area contributed by atoms with E-state index in [1.165, 1.54) is 10.5 Å². The third-order valence-electron chi connectivity index (χ3n) is 3.76. The van der Waals surface area contributed by atoms with Gasteiger partial charge in [0.15, 0.2) is 0 Å². The van der Waals surface area contributed by atoms with Gasteiger partial charge in [0.2, 0.25) is 5.95 Å². The number of rotatable bonds is 5. The number of aryl methyl sites for hydroxylation is 1. The summed E-state index contributed by atoms with van der Waals surface area (Å²) in [6, 6.07) is 8.70. The highest BCUT2D eigenvalue weighted by Crippen LogP contribution is 2.29. The summed E-state index contributed by atoms with van der Waals surface area (Å²) in [5, 5.41) is 0.